The van der Waals surface area contributed by atoms with E-state index >= 15 is 0 Å². The van der Waals surface area contributed by atoms with Crippen molar-refractivity contribution in [1.82, 2.24) is 9.78 Å². The third kappa shape index (κ3) is 4.94. The van der Waals surface area contributed by atoms with Gasteiger partial charge in [-0.15, -0.1) is 0 Å². The highest BCUT2D eigenvalue weighted by Crippen LogP contribution is 2.07. The number of hydrogen-bond donors (Lipinski definition) is 0. The average Bonchev–Trinajstić information content (AvgIpc) is 2.52. The van der Waals surface area contributed by atoms with Crippen LogP contribution in [0.25, 0.3) is 0 Å². The minimum atomic E-state index is 0.709. The predicted octanol–water partition coefficient (Wildman–Crippen LogP) is 1.85. The maximum absolute atomic E-state index is 5.45. The molecule has 0 aliphatic rings. The summed E-state index contributed by atoms with van der Waals surface area (Å²) in [6.07, 6.45) is 2.99. The van der Waals surface area contributed by atoms with Gasteiger partial charge in [-0.05, 0) is 35.9 Å². The molecule has 0 saturated carbocycles. The van der Waals surface area contributed by atoms with Crippen molar-refractivity contribution in [2.45, 2.75) is 19.9 Å². The van der Waals surface area contributed by atoms with Crippen LogP contribution in [0.1, 0.15) is 12.0 Å². The van der Waals surface area contributed by atoms with Gasteiger partial charge in [0.15, 0.2) is 0 Å². The average molecular weight is 324 g/mol. The summed E-state index contributed by atoms with van der Waals surface area (Å²) in [7, 11) is 1.70. The van der Waals surface area contributed by atoms with Gasteiger partial charge in [-0.3, -0.25) is 4.68 Å². The second-order valence-electron chi connectivity index (χ2n) is 3.32. The molecule has 4 nitrogen and oxygen atoms in total. The summed E-state index contributed by atoms with van der Waals surface area (Å²) in [6.45, 7) is 5.10. The summed E-state index contributed by atoms with van der Waals surface area (Å²) in [5, 5.41) is 4.34. The van der Waals surface area contributed by atoms with Crippen molar-refractivity contribution in [2.75, 3.05) is 26.9 Å². The van der Waals surface area contributed by atoms with E-state index in [-0.39, 0.29) is 0 Å². The first-order valence-corrected chi connectivity index (χ1v) is 6.08. The van der Waals surface area contributed by atoms with E-state index < -0.39 is 0 Å². The monoisotopic (exact) mass is 324 g/mol. The molecular formula is C10H17IN2O2. The van der Waals surface area contributed by atoms with Gasteiger partial charge >= 0.3 is 0 Å². The van der Waals surface area contributed by atoms with Crippen molar-refractivity contribution in [1.29, 1.82) is 0 Å². The number of rotatable bonds is 7. The van der Waals surface area contributed by atoms with Gasteiger partial charge in [0.25, 0.3) is 0 Å². The molecule has 1 heterocycles. The zero-order valence-electron chi connectivity index (χ0n) is 9.20. The van der Waals surface area contributed by atoms with E-state index in [9.17, 15) is 0 Å². The Morgan fingerprint density at radius 3 is 2.80 bits per heavy atom. The maximum atomic E-state index is 5.45. The van der Waals surface area contributed by atoms with Gasteiger partial charge in [-0.1, -0.05) is 0 Å². The minimum absolute atomic E-state index is 0.709. The molecule has 1 aromatic heterocycles. The number of hydrogen-bond acceptors (Lipinski definition) is 3. The fourth-order valence-electron chi connectivity index (χ4n) is 1.18. The van der Waals surface area contributed by atoms with Crippen LogP contribution in [0.4, 0.5) is 0 Å². The summed E-state index contributed by atoms with van der Waals surface area (Å²) in [5.41, 5.74) is 1.22. The third-order valence-electron chi connectivity index (χ3n) is 1.99. The normalized spacial score (nSPS) is 10.9. The summed E-state index contributed by atoms with van der Waals surface area (Å²) in [6, 6.07) is 0. The lowest BCUT2D eigenvalue weighted by Gasteiger charge is -2.03. The molecule has 1 aromatic rings. The molecule has 0 aliphatic carbocycles. The Balaban J connectivity index is 2.10. The second kappa shape index (κ2) is 7.19. The molecule has 0 fully saturated rings. The van der Waals surface area contributed by atoms with Gasteiger partial charge < -0.3 is 9.47 Å². The van der Waals surface area contributed by atoms with Crippen molar-refractivity contribution in [3.8, 4) is 0 Å². The minimum Gasteiger partial charge on any atom is -0.385 e. The summed E-state index contributed by atoms with van der Waals surface area (Å²) < 4.78 is 13.4. The van der Waals surface area contributed by atoms with E-state index in [2.05, 4.69) is 34.6 Å². The van der Waals surface area contributed by atoms with Gasteiger partial charge in [-0.25, -0.2) is 0 Å². The van der Waals surface area contributed by atoms with Crippen molar-refractivity contribution in [3.05, 3.63) is 15.5 Å². The molecule has 0 aliphatic heterocycles. The molecule has 0 radical (unpaired) electrons. The van der Waals surface area contributed by atoms with Gasteiger partial charge in [0.1, 0.15) is 3.70 Å². The van der Waals surface area contributed by atoms with Crippen LogP contribution in [0, 0.1) is 10.6 Å². The smallest absolute Gasteiger partial charge is 0.126 e. The van der Waals surface area contributed by atoms with Crippen molar-refractivity contribution < 1.29 is 9.47 Å². The zero-order chi connectivity index (χ0) is 11.1. The van der Waals surface area contributed by atoms with E-state index in [1.54, 1.807) is 7.11 Å². The van der Waals surface area contributed by atoms with Gasteiger partial charge in [0.2, 0.25) is 0 Å². The Labute approximate surface area is 104 Å². The number of nitrogens with zero attached hydrogens (tertiary/aromatic N) is 2. The topological polar surface area (TPSA) is 36.3 Å². The molecule has 15 heavy (non-hydrogen) atoms. The van der Waals surface area contributed by atoms with Crippen molar-refractivity contribution in [3.63, 3.8) is 0 Å². The lowest BCUT2D eigenvalue weighted by atomic mass is 10.4. The Hall–Kier alpha value is -0.140. The van der Waals surface area contributed by atoms with Crippen LogP contribution < -0.4 is 0 Å². The van der Waals surface area contributed by atoms with E-state index in [0.29, 0.717) is 6.61 Å². The lowest BCUT2D eigenvalue weighted by molar-refractivity contribution is 0.0960. The standard InChI is InChI=1S/C10H17IN2O2/c1-9-8-13(12-10(9)11)4-7-15-6-3-5-14-2/h8H,3-7H2,1-2H3. The predicted molar refractivity (Wildman–Crippen MR) is 67.0 cm³/mol. The molecule has 0 saturated heterocycles. The summed E-state index contributed by atoms with van der Waals surface area (Å²) in [4.78, 5) is 0. The van der Waals surface area contributed by atoms with Crippen LogP contribution in [0.2, 0.25) is 0 Å². The molecule has 0 N–H and O–H groups in total. The number of halogens is 1. The van der Waals surface area contributed by atoms with Crippen LogP contribution in [0.15, 0.2) is 6.20 Å². The molecule has 5 heteroatoms. The third-order valence-corrected chi connectivity index (χ3v) is 3.05. The fourth-order valence-corrected chi connectivity index (χ4v) is 1.59. The van der Waals surface area contributed by atoms with E-state index in [0.717, 1.165) is 29.9 Å². The Bertz CT molecular complexity index is 269. The first kappa shape index (κ1) is 12.9. The number of aromatic nitrogens is 2. The molecule has 0 bridgehead atoms. The summed E-state index contributed by atoms with van der Waals surface area (Å²) in [5.74, 6) is 0. The van der Waals surface area contributed by atoms with Crippen molar-refractivity contribution >= 4 is 22.6 Å². The van der Waals surface area contributed by atoms with E-state index in [1.165, 1.54) is 5.56 Å². The number of methoxy groups -OCH3 is 1. The van der Waals surface area contributed by atoms with Gasteiger partial charge in [0, 0.05) is 32.1 Å². The maximum Gasteiger partial charge on any atom is 0.126 e. The largest absolute Gasteiger partial charge is 0.385 e. The van der Waals surface area contributed by atoms with Gasteiger partial charge in [0.05, 0.1) is 13.2 Å². The fraction of sp³-hybridized carbons (Fsp3) is 0.700. The second-order valence-corrected chi connectivity index (χ2v) is 4.35. The van der Waals surface area contributed by atoms with Crippen LogP contribution in [-0.4, -0.2) is 36.7 Å². The number of ether oxygens (including phenoxy) is 2. The van der Waals surface area contributed by atoms with Crippen LogP contribution in [-0.2, 0) is 16.0 Å². The highest BCUT2D eigenvalue weighted by molar-refractivity contribution is 14.1. The molecule has 0 unspecified atom stereocenters. The highest BCUT2D eigenvalue weighted by Gasteiger charge is 2.00. The highest BCUT2D eigenvalue weighted by atomic mass is 127. The Morgan fingerprint density at radius 2 is 2.20 bits per heavy atom. The first-order valence-electron chi connectivity index (χ1n) is 5.00. The van der Waals surface area contributed by atoms with Gasteiger partial charge in [-0.2, -0.15) is 5.10 Å². The Kier molecular flexibility index (Phi) is 6.19. The molecule has 86 valence electrons. The van der Waals surface area contributed by atoms with E-state index in [1.807, 2.05) is 10.9 Å². The molecular weight excluding hydrogens is 307 g/mol. The molecule has 0 atom stereocenters. The van der Waals surface area contributed by atoms with Crippen LogP contribution >= 0.6 is 22.6 Å². The van der Waals surface area contributed by atoms with Crippen molar-refractivity contribution in [2.24, 2.45) is 0 Å². The van der Waals surface area contributed by atoms with Crippen LogP contribution in [0.5, 0.6) is 0 Å². The quantitative estimate of drug-likeness (QED) is 0.567. The lowest BCUT2D eigenvalue weighted by Crippen LogP contribution is -2.08. The molecule has 0 aromatic carbocycles. The van der Waals surface area contributed by atoms with Crippen LogP contribution in [0.3, 0.4) is 0 Å². The molecule has 0 spiro atoms. The summed E-state index contributed by atoms with van der Waals surface area (Å²) >= 11 is 2.24. The zero-order valence-corrected chi connectivity index (χ0v) is 11.4. The molecule has 1 rings (SSSR count). The number of aryl methyl sites for hydroxylation is 1. The SMILES string of the molecule is COCCCOCCn1cc(C)c(I)n1. The molecule has 0 amide bonds. The Morgan fingerprint density at radius 1 is 1.40 bits per heavy atom. The van der Waals surface area contributed by atoms with E-state index in [4.69, 9.17) is 9.47 Å². The first-order chi connectivity index (χ1) is 7.24.